The smallest absolute Gasteiger partial charge is 0.264 e. The van der Waals surface area contributed by atoms with Crippen LogP contribution in [0.4, 0.5) is 5.69 Å². The molecule has 10 heteroatoms. The number of carbonyl (C=O) groups excluding carboxylic acids is 1. The van der Waals surface area contributed by atoms with Gasteiger partial charge in [-0.05, 0) is 55.0 Å². The van der Waals surface area contributed by atoms with Crippen LogP contribution in [0.5, 0.6) is 0 Å². The molecule has 3 aromatic rings. The van der Waals surface area contributed by atoms with Crippen LogP contribution in [-0.4, -0.2) is 27.1 Å². The molecule has 0 aliphatic heterocycles. The first-order valence-electron chi connectivity index (χ1n) is 9.28. The first-order valence-corrected chi connectivity index (χ1v) is 12.3. The third-order valence-corrected chi connectivity index (χ3v) is 7.00. The van der Waals surface area contributed by atoms with E-state index in [1.807, 2.05) is 31.2 Å². The van der Waals surface area contributed by atoms with Gasteiger partial charge < -0.3 is 0 Å². The Labute approximate surface area is 205 Å². The van der Waals surface area contributed by atoms with Crippen LogP contribution >= 0.6 is 39.1 Å². The fourth-order valence-corrected chi connectivity index (χ4v) is 5.10. The highest BCUT2D eigenvalue weighted by Crippen LogP contribution is 2.29. The van der Waals surface area contributed by atoms with E-state index >= 15 is 0 Å². The predicted molar refractivity (Wildman–Crippen MR) is 132 cm³/mol. The molecular weight excluding hydrogens is 537 g/mol. The monoisotopic (exact) mass is 553 g/mol. The topological polar surface area (TPSA) is 78.8 Å². The molecule has 166 valence electrons. The van der Waals surface area contributed by atoms with Crippen LogP contribution in [0.1, 0.15) is 11.1 Å². The third-order valence-electron chi connectivity index (χ3n) is 4.28. The summed E-state index contributed by atoms with van der Waals surface area (Å²) in [5.41, 5.74) is 4.18. The first-order chi connectivity index (χ1) is 15.1. The number of hydrazone groups is 1. The average molecular weight is 555 g/mol. The number of aryl methyl sites for hydroxylation is 1. The highest BCUT2D eigenvalue weighted by Gasteiger charge is 2.27. The molecule has 1 amide bonds. The Morgan fingerprint density at radius 2 is 1.72 bits per heavy atom. The maximum Gasteiger partial charge on any atom is 0.264 e. The van der Waals surface area contributed by atoms with Gasteiger partial charge in [0.1, 0.15) is 6.54 Å². The van der Waals surface area contributed by atoms with E-state index in [4.69, 9.17) is 23.2 Å². The van der Waals surface area contributed by atoms with Gasteiger partial charge >= 0.3 is 0 Å². The largest absolute Gasteiger partial charge is 0.271 e. The van der Waals surface area contributed by atoms with Crippen LogP contribution in [0.15, 0.2) is 81.2 Å². The zero-order chi connectivity index (χ0) is 23.3. The molecule has 32 heavy (non-hydrogen) atoms. The second-order valence-corrected chi connectivity index (χ2v) is 10.5. The van der Waals surface area contributed by atoms with Crippen molar-refractivity contribution < 1.29 is 13.2 Å². The molecule has 0 bridgehead atoms. The van der Waals surface area contributed by atoms with Crippen molar-refractivity contribution in [2.24, 2.45) is 5.10 Å². The molecule has 3 aromatic carbocycles. The molecule has 0 saturated carbocycles. The molecule has 3 rings (SSSR count). The van der Waals surface area contributed by atoms with Crippen molar-refractivity contribution in [3.8, 4) is 0 Å². The number of nitrogens with one attached hydrogen (secondary N) is 1. The Bertz CT molecular complexity index is 1250. The fraction of sp³-hybridized carbons (Fsp3) is 0.0909. The number of hydrogen-bond donors (Lipinski definition) is 1. The van der Waals surface area contributed by atoms with Crippen molar-refractivity contribution in [3.05, 3.63) is 92.4 Å². The van der Waals surface area contributed by atoms with E-state index in [9.17, 15) is 13.2 Å². The highest BCUT2D eigenvalue weighted by atomic mass is 79.9. The maximum atomic E-state index is 13.4. The van der Waals surface area contributed by atoms with Gasteiger partial charge in [0.05, 0.1) is 16.8 Å². The van der Waals surface area contributed by atoms with E-state index in [1.54, 1.807) is 12.1 Å². The number of sulfonamides is 1. The van der Waals surface area contributed by atoms with Gasteiger partial charge in [0.25, 0.3) is 15.9 Å². The summed E-state index contributed by atoms with van der Waals surface area (Å²) in [7, 11) is -4.09. The normalized spacial score (nSPS) is 11.5. The standard InChI is InChI=1S/C22H18BrCl2N3O3S/c1-15-5-7-21(8-6-15)32(30,31)28(20-11-18(24)10-19(25)12-20)14-22(29)27-26-13-16-3-2-4-17(23)9-16/h2-13H,14H2,1H3,(H,27,29)/b26-13-. The Hall–Kier alpha value is -2.39. The SMILES string of the molecule is Cc1ccc(S(=O)(=O)N(CC(=O)N/N=C\c2cccc(Br)c2)c2cc(Cl)cc(Cl)c2)cc1. The van der Waals surface area contributed by atoms with E-state index in [1.165, 1.54) is 36.5 Å². The Morgan fingerprint density at radius 1 is 1.06 bits per heavy atom. The van der Waals surface area contributed by atoms with Gasteiger partial charge in [0.15, 0.2) is 0 Å². The van der Waals surface area contributed by atoms with Gasteiger partial charge in [-0.3, -0.25) is 9.10 Å². The lowest BCUT2D eigenvalue weighted by Gasteiger charge is -2.24. The van der Waals surface area contributed by atoms with Gasteiger partial charge in [-0.25, -0.2) is 13.8 Å². The van der Waals surface area contributed by atoms with Crippen LogP contribution in [0.25, 0.3) is 0 Å². The molecule has 0 unspecified atom stereocenters. The number of amides is 1. The number of anilines is 1. The van der Waals surface area contributed by atoms with Crippen LogP contribution in [0.2, 0.25) is 10.0 Å². The summed E-state index contributed by atoms with van der Waals surface area (Å²) in [5, 5.41) is 4.39. The molecule has 6 nitrogen and oxygen atoms in total. The van der Waals surface area contributed by atoms with Gasteiger partial charge in [-0.1, -0.05) is 69.0 Å². The van der Waals surface area contributed by atoms with E-state index in [0.717, 1.165) is 19.9 Å². The maximum absolute atomic E-state index is 13.4. The van der Waals surface area contributed by atoms with Crippen molar-refractivity contribution >= 4 is 67.0 Å². The number of rotatable bonds is 7. The minimum Gasteiger partial charge on any atom is -0.271 e. The van der Waals surface area contributed by atoms with Crippen molar-refractivity contribution in [1.29, 1.82) is 0 Å². The minimum absolute atomic E-state index is 0.0321. The van der Waals surface area contributed by atoms with Gasteiger partial charge in [-0.2, -0.15) is 5.10 Å². The summed E-state index contributed by atoms with van der Waals surface area (Å²) in [6.07, 6.45) is 1.46. The van der Waals surface area contributed by atoms with Crippen LogP contribution in [0, 0.1) is 6.92 Å². The Kier molecular flexibility index (Phi) is 7.95. The van der Waals surface area contributed by atoms with Crippen LogP contribution in [0.3, 0.4) is 0 Å². The average Bonchev–Trinajstić information content (AvgIpc) is 2.71. The molecular formula is C22H18BrCl2N3O3S. The molecule has 1 N–H and O–H groups in total. The van der Waals surface area contributed by atoms with E-state index in [2.05, 4.69) is 26.5 Å². The molecule has 0 spiro atoms. The predicted octanol–water partition coefficient (Wildman–Crippen LogP) is 5.41. The molecule has 0 heterocycles. The van der Waals surface area contributed by atoms with Gasteiger partial charge in [0.2, 0.25) is 0 Å². The molecule has 0 aromatic heterocycles. The van der Waals surface area contributed by atoms with Crippen molar-refractivity contribution in [2.75, 3.05) is 10.8 Å². The quantitative estimate of drug-likeness (QED) is 0.313. The van der Waals surface area contributed by atoms with E-state index in [-0.39, 0.29) is 20.6 Å². The highest BCUT2D eigenvalue weighted by molar-refractivity contribution is 9.10. The lowest BCUT2D eigenvalue weighted by atomic mass is 10.2. The molecule has 0 aliphatic carbocycles. The number of nitrogens with zero attached hydrogens (tertiary/aromatic N) is 2. The lowest BCUT2D eigenvalue weighted by Crippen LogP contribution is -2.39. The Morgan fingerprint density at radius 3 is 2.34 bits per heavy atom. The zero-order valence-corrected chi connectivity index (χ0v) is 20.7. The van der Waals surface area contributed by atoms with Gasteiger partial charge in [-0.15, -0.1) is 0 Å². The summed E-state index contributed by atoms with van der Waals surface area (Å²) in [6, 6.07) is 18.0. The summed E-state index contributed by atoms with van der Waals surface area (Å²) >= 11 is 15.5. The van der Waals surface area contributed by atoms with Crippen LogP contribution in [-0.2, 0) is 14.8 Å². The van der Waals surface area contributed by atoms with Crippen LogP contribution < -0.4 is 9.73 Å². The number of hydrogen-bond acceptors (Lipinski definition) is 4. The lowest BCUT2D eigenvalue weighted by molar-refractivity contribution is -0.119. The minimum atomic E-state index is -4.09. The first kappa shape index (κ1) is 24.3. The van der Waals surface area contributed by atoms with Crippen molar-refractivity contribution in [3.63, 3.8) is 0 Å². The number of benzene rings is 3. The van der Waals surface area contributed by atoms with Crippen molar-refractivity contribution in [1.82, 2.24) is 5.43 Å². The fourth-order valence-electron chi connectivity index (χ4n) is 2.77. The summed E-state index contributed by atoms with van der Waals surface area (Å²) in [6.45, 7) is 1.32. The molecule has 0 fully saturated rings. The molecule has 0 saturated heterocycles. The zero-order valence-electron chi connectivity index (χ0n) is 16.8. The summed E-state index contributed by atoms with van der Waals surface area (Å²) in [5.74, 6) is -0.636. The Balaban J connectivity index is 1.88. The van der Waals surface area contributed by atoms with E-state index < -0.39 is 22.5 Å². The van der Waals surface area contributed by atoms with Crippen molar-refractivity contribution in [2.45, 2.75) is 11.8 Å². The van der Waals surface area contributed by atoms with E-state index in [0.29, 0.717) is 0 Å². The molecule has 0 radical (unpaired) electrons. The second kappa shape index (κ2) is 10.5. The molecule has 0 aliphatic rings. The molecule has 0 atom stereocenters. The number of carbonyl (C=O) groups is 1. The summed E-state index contributed by atoms with van der Waals surface area (Å²) < 4.78 is 28.5. The number of halogens is 3. The third kappa shape index (κ3) is 6.32. The second-order valence-electron chi connectivity index (χ2n) is 6.80. The summed E-state index contributed by atoms with van der Waals surface area (Å²) in [4.78, 5) is 12.6. The van der Waals surface area contributed by atoms with Gasteiger partial charge in [0, 0.05) is 14.5 Å².